The van der Waals surface area contributed by atoms with E-state index in [-0.39, 0.29) is 18.2 Å². The Hall–Kier alpha value is -3.05. The van der Waals surface area contributed by atoms with Crippen LogP contribution in [0.5, 0.6) is 5.75 Å². The van der Waals surface area contributed by atoms with E-state index in [9.17, 15) is 21.8 Å². The molecule has 5 rings (SSSR count). The molecule has 3 aromatic rings. The van der Waals surface area contributed by atoms with Gasteiger partial charge in [0, 0.05) is 32.6 Å². The van der Waals surface area contributed by atoms with E-state index in [1.807, 2.05) is 11.9 Å². The smallest absolute Gasteiger partial charge is 0.393 e. The van der Waals surface area contributed by atoms with Gasteiger partial charge in [-0.15, -0.1) is 11.3 Å². The maximum Gasteiger partial charge on any atom is 0.393 e. The second kappa shape index (κ2) is 14.2. The molecule has 3 heterocycles. The minimum atomic E-state index is -4.42. The molecule has 244 valence electrons. The Bertz CT molecular complexity index is 1680. The highest BCUT2D eigenvalue weighted by Gasteiger charge is 2.32. The van der Waals surface area contributed by atoms with Gasteiger partial charge >= 0.3 is 6.18 Å². The summed E-state index contributed by atoms with van der Waals surface area (Å²) >= 11 is 1.18. The van der Waals surface area contributed by atoms with Crippen molar-refractivity contribution >= 4 is 42.5 Å². The number of methoxy groups -OCH3 is 1. The lowest BCUT2D eigenvalue weighted by atomic mass is 10.0. The zero-order chi connectivity index (χ0) is 32.2. The molecule has 1 aromatic heterocycles. The number of halogens is 4. The second-order valence-corrected chi connectivity index (χ2v) is 14.8. The lowest BCUT2D eigenvalue weighted by Crippen LogP contribution is -2.46. The number of hydrogen-bond donors (Lipinski definition) is 2. The van der Waals surface area contributed by atoms with E-state index in [0.717, 1.165) is 19.4 Å². The number of anilines is 2. The molecule has 2 aliphatic heterocycles. The fourth-order valence-corrected chi connectivity index (χ4v) is 8.35. The Kier molecular flexibility index (Phi) is 10.5. The summed E-state index contributed by atoms with van der Waals surface area (Å²) < 4.78 is 85.3. The van der Waals surface area contributed by atoms with Crippen LogP contribution in [0.2, 0.25) is 0 Å². The van der Waals surface area contributed by atoms with E-state index in [2.05, 4.69) is 26.8 Å². The van der Waals surface area contributed by atoms with Gasteiger partial charge in [0.1, 0.15) is 11.9 Å². The van der Waals surface area contributed by atoms with E-state index in [0.29, 0.717) is 63.2 Å². The molecule has 0 aliphatic carbocycles. The standard InChI is InChI=1S/C32H38F4N4O3S2/c1-40-15-11-26(25(33)20-40)38-28-7-4-6-23-24(19-32(34,35)36)30(44-31(23)28)8-5-14-37-27-10-9-22(18-29(27)42-2)45(3,41)39-21-12-16-43-17-13-21/h4,6-7,9-10,18,21,25-26,37-38H,11-17,19-20H2,1-3H3/t25?,26-,45?/m1/s1. The van der Waals surface area contributed by atoms with E-state index in [1.54, 1.807) is 42.7 Å². The van der Waals surface area contributed by atoms with Crippen molar-refractivity contribution in [1.82, 2.24) is 4.90 Å². The van der Waals surface area contributed by atoms with Crippen LogP contribution in [0.4, 0.5) is 28.9 Å². The van der Waals surface area contributed by atoms with E-state index in [1.165, 1.54) is 18.4 Å². The third-order valence-corrected chi connectivity index (χ3v) is 11.0. The number of nitrogens with zero attached hydrogens (tertiary/aromatic N) is 2. The summed E-state index contributed by atoms with van der Waals surface area (Å²) in [5.74, 6) is 6.36. The molecule has 3 atom stereocenters. The van der Waals surface area contributed by atoms with Crippen molar-refractivity contribution < 1.29 is 31.2 Å². The number of fused-ring (bicyclic) bond motifs is 1. The first-order valence-electron chi connectivity index (χ1n) is 14.8. The number of nitrogens with one attached hydrogen (secondary N) is 2. The molecular weight excluding hydrogens is 629 g/mol. The average molecular weight is 667 g/mol. The number of piperidine rings is 1. The van der Waals surface area contributed by atoms with Gasteiger partial charge in [0.2, 0.25) is 0 Å². The number of rotatable bonds is 8. The zero-order valence-corrected chi connectivity index (χ0v) is 27.1. The minimum absolute atomic E-state index is 0.0202. The SMILES string of the molecule is COc1cc(S(C)(=O)=NC2CCOCC2)ccc1NCC#Cc1sc2c(N[C@@H]3CCN(C)CC3F)cccc2c1CC(F)(F)F. The molecule has 0 bridgehead atoms. The van der Waals surface area contributed by atoms with Gasteiger partial charge in [-0.25, -0.2) is 13.0 Å². The Balaban J connectivity index is 1.36. The fraction of sp³-hybridized carbons (Fsp3) is 0.500. The van der Waals surface area contributed by atoms with Crippen LogP contribution in [0.3, 0.4) is 0 Å². The maximum absolute atomic E-state index is 14.8. The zero-order valence-electron chi connectivity index (χ0n) is 25.5. The third-order valence-electron chi connectivity index (χ3n) is 8.00. The van der Waals surface area contributed by atoms with E-state index in [4.69, 9.17) is 9.47 Å². The van der Waals surface area contributed by atoms with Crippen molar-refractivity contribution in [2.24, 2.45) is 4.36 Å². The lowest BCUT2D eigenvalue weighted by Gasteiger charge is -2.33. The third kappa shape index (κ3) is 8.41. The normalized spacial score (nSPS) is 21.0. The highest BCUT2D eigenvalue weighted by Crippen LogP contribution is 2.39. The van der Waals surface area contributed by atoms with E-state index < -0.39 is 34.5 Å². The van der Waals surface area contributed by atoms with Crippen molar-refractivity contribution in [3.63, 3.8) is 0 Å². The fourth-order valence-electron chi connectivity index (χ4n) is 5.63. The summed E-state index contributed by atoms with van der Waals surface area (Å²) in [6.45, 7) is 2.38. The monoisotopic (exact) mass is 666 g/mol. The Morgan fingerprint density at radius 3 is 2.67 bits per heavy atom. The molecule has 2 saturated heterocycles. The van der Waals surface area contributed by atoms with Gasteiger partial charge in [-0.05, 0) is 61.5 Å². The van der Waals surface area contributed by atoms with Gasteiger partial charge in [-0.1, -0.05) is 24.0 Å². The van der Waals surface area contributed by atoms with Crippen LogP contribution in [0.15, 0.2) is 45.7 Å². The first-order valence-corrected chi connectivity index (χ1v) is 17.6. The summed E-state index contributed by atoms with van der Waals surface area (Å²) in [5, 5.41) is 6.88. The van der Waals surface area contributed by atoms with Crippen LogP contribution in [0.1, 0.15) is 29.7 Å². The van der Waals surface area contributed by atoms with Crippen LogP contribution in [-0.2, 0) is 20.9 Å². The number of ether oxygens (including phenoxy) is 2. The van der Waals surface area contributed by atoms with Crippen LogP contribution in [-0.4, -0.2) is 86.8 Å². The second-order valence-electron chi connectivity index (χ2n) is 11.5. The van der Waals surface area contributed by atoms with Crippen LogP contribution in [0, 0.1) is 11.8 Å². The van der Waals surface area contributed by atoms with Gasteiger partial charge in [-0.2, -0.15) is 13.2 Å². The van der Waals surface area contributed by atoms with Crippen molar-refractivity contribution in [2.75, 3.05) is 63.9 Å². The van der Waals surface area contributed by atoms with Gasteiger partial charge in [0.25, 0.3) is 0 Å². The van der Waals surface area contributed by atoms with Crippen molar-refractivity contribution in [1.29, 1.82) is 0 Å². The molecule has 2 aliphatic rings. The summed E-state index contributed by atoms with van der Waals surface area (Å²) in [6.07, 6.45) is -2.94. The summed E-state index contributed by atoms with van der Waals surface area (Å²) in [7, 11) is 0.716. The van der Waals surface area contributed by atoms with Crippen molar-refractivity contribution in [3.05, 3.63) is 46.8 Å². The largest absolute Gasteiger partial charge is 0.495 e. The molecule has 0 spiro atoms. The molecule has 7 nitrogen and oxygen atoms in total. The molecule has 13 heteroatoms. The van der Waals surface area contributed by atoms with Gasteiger partial charge in [-0.3, -0.25) is 0 Å². The first kappa shape index (κ1) is 33.3. The maximum atomic E-state index is 14.8. The number of alkyl halides is 4. The van der Waals surface area contributed by atoms with Crippen molar-refractivity contribution in [3.8, 4) is 17.6 Å². The van der Waals surface area contributed by atoms with Crippen LogP contribution < -0.4 is 15.4 Å². The molecule has 2 unspecified atom stereocenters. The minimum Gasteiger partial charge on any atom is -0.495 e. The summed E-state index contributed by atoms with van der Waals surface area (Å²) in [4.78, 5) is 2.79. The predicted octanol–water partition coefficient (Wildman–Crippen LogP) is 6.57. The Morgan fingerprint density at radius 2 is 1.96 bits per heavy atom. The highest BCUT2D eigenvalue weighted by molar-refractivity contribution is 7.93. The Labute approximate surface area is 265 Å². The highest BCUT2D eigenvalue weighted by atomic mass is 32.2. The molecule has 0 saturated carbocycles. The molecule has 45 heavy (non-hydrogen) atoms. The molecular formula is C32H38F4N4O3S2. The van der Waals surface area contributed by atoms with Gasteiger partial charge in [0.15, 0.2) is 0 Å². The molecule has 0 radical (unpaired) electrons. The number of hydrogen-bond acceptors (Lipinski definition) is 8. The van der Waals surface area contributed by atoms with Crippen molar-refractivity contribution in [2.45, 2.75) is 55.0 Å². The molecule has 0 amide bonds. The topological polar surface area (TPSA) is 75.2 Å². The number of likely N-dealkylation sites (tertiary alicyclic amines) is 1. The summed E-state index contributed by atoms with van der Waals surface area (Å²) in [5.41, 5.74) is 1.34. The Morgan fingerprint density at radius 1 is 1.18 bits per heavy atom. The molecule has 2 N–H and O–H groups in total. The van der Waals surface area contributed by atoms with Crippen LogP contribution in [0.25, 0.3) is 10.1 Å². The first-order chi connectivity index (χ1) is 21.4. The number of thiophene rings is 1. The average Bonchev–Trinajstić information content (AvgIpc) is 3.33. The molecule has 2 aromatic carbocycles. The van der Waals surface area contributed by atoms with Gasteiger partial charge in [0.05, 0.1) is 67.7 Å². The van der Waals surface area contributed by atoms with Gasteiger partial charge < -0.3 is 25.0 Å². The summed E-state index contributed by atoms with van der Waals surface area (Å²) in [6, 6.07) is 9.86. The number of benzene rings is 2. The molecule has 2 fully saturated rings. The lowest BCUT2D eigenvalue weighted by molar-refractivity contribution is -0.126. The van der Waals surface area contributed by atoms with E-state index >= 15 is 0 Å². The van der Waals surface area contributed by atoms with Crippen LogP contribution >= 0.6 is 11.3 Å². The quantitative estimate of drug-likeness (QED) is 0.210. The predicted molar refractivity (Wildman–Crippen MR) is 173 cm³/mol.